The van der Waals surface area contributed by atoms with Gasteiger partial charge in [0.05, 0.1) is 18.8 Å². The van der Waals surface area contributed by atoms with Crippen LogP contribution in [0.15, 0.2) is 0 Å². The molecule has 3 rings (SSSR count). The number of amides is 1. The van der Waals surface area contributed by atoms with Crippen molar-refractivity contribution in [2.45, 2.75) is 113 Å². The summed E-state index contributed by atoms with van der Waals surface area (Å²) in [6.07, 6.45) is -20.4. The van der Waals surface area contributed by atoms with Gasteiger partial charge in [0.2, 0.25) is 5.91 Å². The van der Waals surface area contributed by atoms with E-state index in [9.17, 15) is 45.6 Å². The fourth-order valence-corrected chi connectivity index (χ4v) is 4.35. The van der Waals surface area contributed by atoms with E-state index < -0.39 is 105 Å². The van der Waals surface area contributed by atoms with Crippen molar-refractivity contribution in [1.82, 2.24) is 5.32 Å². The number of nitrogens with one attached hydrogen (secondary N) is 1. The molecule has 0 spiro atoms. The topological polar surface area (TPSA) is 237 Å². The molecular formula is C20H35NO14. The predicted molar refractivity (Wildman–Crippen MR) is 110 cm³/mol. The second-order valence-electron chi connectivity index (χ2n) is 9.04. The highest BCUT2D eigenvalue weighted by atomic mass is 16.7. The molecule has 3 heterocycles. The van der Waals surface area contributed by atoms with Gasteiger partial charge in [-0.1, -0.05) is 0 Å². The zero-order valence-corrected chi connectivity index (χ0v) is 19.4. The van der Waals surface area contributed by atoms with Gasteiger partial charge in [0.15, 0.2) is 18.9 Å². The van der Waals surface area contributed by atoms with Crippen molar-refractivity contribution in [3.05, 3.63) is 0 Å². The van der Waals surface area contributed by atoms with Crippen molar-refractivity contribution in [2.75, 3.05) is 6.61 Å². The van der Waals surface area contributed by atoms with Crippen LogP contribution in [0.5, 0.6) is 0 Å². The Morgan fingerprint density at radius 1 is 0.743 bits per heavy atom. The van der Waals surface area contributed by atoms with Crippen LogP contribution in [0.4, 0.5) is 0 Å². The van der Waals surface area contributed by atoms with Gasteiger partial charge in [0.25, 0.3) is 0 Å². The average Bonchev–Trinajstić information content (AvgIpc) is 2.80. The summed E-state index contributed by atoms with van der Waals surface area (Å²) in [5.41, 5.74) is 0. The summed E-state index contributed by atoms with van der Waals surface area (Å²) in [5.74, 6) is -0.579. The molecular weight excluding hydrogens is 478 g/mol. The first kappa shape index (κ1) is 28.5. The number of aliphatic hydroxyl groups excluding tert-OH is 8. The normalized spacial score (nSPS) is 51.1. The lowest BCUT2D eigenvalue weighted by Gasteiger charge is -2.48. The zero-order valence-electron chi connectivity index (χ0n) is 19.4. The number of aliphatic hydroxyl groups is 8. The summed E-state index contributed by atoms with van der Waals surface area (Å²) < 4.78 is 27.4. The summed E-state index contributed by atoms with van der Waals surface area (Å²) in [4.78, 5) is 11.5. The maximum atomic E-state index is 11.5. The van der Waals surface area contributed by atoms with E-state index >= 15 is 0 Å². The van der Waals surface area contributed by atoms with Crippen LogP contribution in [0.2, 0.25) is 0 Å². The molecule has 3 aliphatic rings. The Morgan fingerprint density at radius 2 is 1.29 bits per heavy atom. The maximum Gasteiger partial charge on any atom is 0.217 e. The van der Waals surface area contributed by atoms with Gasteiger partial charge in [0, 0.05) is 6.92 Å². The smallest absolute Gasteiger partial charge is 0.217 e. The number of carbonyl (C=O) groups is 1. The van der Waals surface area contributed by atoms with Gasteiger partial charge in [0.1, 0.15) is 61.0 Å². The van der Waals surface area contributed by atoms with Gasteiger partial charge in [-0.05, 0) is 13.8 Å². The molecule has 3 saturated heterocycles. The molecule has 0 aliphatic carbocycles. The van der Waals surface area contributed by atoms with E-state index in [0.29, 0.717) is 0 Å². The molecule has 15 atom stereocenters. The first-order chi connectivity index (χ1) is 16.4. The van der Waals surface area contributed by atoms with Crippen molar-refractivity contribution < 1.29 is 69.3 Å². The van der Waals surface area contributed by atoms with E-state index in [1.54, 1.807) is 0 Å². The Balaban J connectivity index is 1.76. The molecule has 3 aliphatic heterocycles. The van der Waals surface area contributed by atoms with Gasteiger partial charge in [-0.15, -0.1) is 0 Å². The molecule has 1 unspecified atom stereocenters. The quantitative estimate of drug-likeness (QED) is 0.161. The van der Waals surface area contributed by atoms with E-state index in [1.165, 1.54) is 13.8 Å². The molecule has 204 valence electrons. The number of carbonyl (C=O) groups excluding carboxylic acids is 1. The Labute approximate surface area is 200 Å². The maximum absolute atomic E-state index is 11.5. The lowest BCUT2D eigenvalue weighted by atomic mass is 9.95. The number of hydrogen-bond acceptors (Lipinski definition) is 14. The fourth-order valence-electron chi connectivity index (χ4n) is 4.35. The Hall–Kier alpha value is -1.05. The van der Waals surface area contributed by atoms with Crippen LogP contribution in [-0.4, -0.2) is 145 Å². The standard InChI is InChI=1S/C20H35NO14/c1-5-10(24)13(27)14(28)19(31-5)35-17-11(25)6(2)32-20(15(17)29)34-16-8(4-22)33-18(30)9(12(16)26)21-7(3)23/h5-6,8-20,22,24-30H,4H2,1-3H3,(H,21,23)/t5-,6-,8+,9+,10+,11+,12+,13+,14-,15-,16+,17+,18?,19-,20-/m0/s1. The summed E-state index contributed by atoms with van der Waals surface area (Å²) in [5, 5.41) is 84.3. The van der Waals surface area contributed by atoms with E-state index in [4.69, 9.17) is 23.7 Å². The summed E-state index contributed by atoms with van der Waals surface area (Å²) in [6.45, 7) is 3.32. The first-order valence-corrected chi connectivity index (χ1v) is 11.3. The largest absolute Gasteiger partial charge is 0.394 e. The molecule has 9 N–H and O–H groups in total. The van der Waals surface area contributed by atoms with Gasteiger partial charge < -0.3 is 69.9 Å². The molecule has 35 heavy (non-hydrogen) atoms. The Kier molecular flexibility index (Phi) is 9.42. The molecule has 0 aromatic heterocycles. The van der Waals surface area contributed by atoms with Crippen molar-refractivity contribution in [3.8, 4) is 0 Å². The number of hydrogen-bond donors (Lipinski definition) is 9. The highest BCUT2D eigenvalue weighted by Gasteiger charge is 2.52. The third-order valence-corrected chi connectivity index (χ3v) is 6.41. The summed E-state index contributed by atoms with van der Waals surface area (Å²) in [7, 11) is 0. The molecule has 15 heteroatoms. The van der Waals surface area contributed by atoms with E-state index in [1.807, 2.05) is 0 Å². The first-order valence-electron chi connectivity index (χ1n) is 11.3. The minimum atomic E-state index is -1.74. The zero-order chi connectivity index (χ0) is 26.2. The molecule has 0 saturated carbocycles. The minimum Gasteiger partial charge on any atom is -0.394 e. The second-order valence-corrected chi connectivity index (χ2v) is 9.04. The Morgan fingerprint density at radius 3 is 1.86 bits per heavy atom. The van der Waals surface area contributed by atoms with Crippen molar-refractivity contribution >= 4 is 5.91 Å². The molecule has 0 radical (unpaired) electrons. The van der Waals surface area contributed by atoms with Gasteiger partial charge in [-0.25, -0.2) is 0 Å². The number of rotatable bonds is 6. The fraction of sp³-hybridized carbons (Fsp3) is 0.950. The molecule has 0 bridgehead atoms. The average molecular weight is 513 g/mol. The third kappa shape index (κ3) is 5.93. The summed E-state index contributed by atoms with van der Waals surface area (Å²) in [6, 6.07) is -1.32. The molecule has 0 aromatic carbocycles. The lowest BCUT2D eigenvalue weighted by Crippen LogP contribution is -2.67. The van der Waals surface area contributed by atoms with Crippen LogP contribution in [0, 0.1) is 0 Å². The van der Waals surface area contributed by atoms with E-state index in [0.717, 1.165) is 6.92 Å². The molecule has 1 amide bonds. The van der Waals surface area contributed by atoms with Crippen LogP contribution in [0.1, 0.15) is 20.8 Å². The lowest BCUT2D eigenvalue weighted by molar-refractivity contribution is -0.370. The van der Waals surface area contributed by atoms with Crippen LogP contribution < -0.4 is 5.32 Å². The minimum absolute atomic E-state index is 0.579. The van der Waals surface area contributed by atoms with Crippen LogP contribution in [0.25, 0.3) is 0 Å². The van der Waals surface area contributed by atoms with E-state index in [2.05, 4.69) is 5.32 Å². The highest BCUT2D eigenvalue weighted by molar-refractivity contribution is 5.73. The SMILES string of the molecule is CC(=O)N[C@H]1C(O)O[C@H](CO)[C@@H](O[C@@H]2O[C@@H](C)[C@@H](O)[C@@H](O[C@@H]3O[C@@H](C)[C@@H](O)[C@@H](O)[C@@H]3O)[C@@H]2O)[C@@H]1O. The summed E-state index contributed by atoms with van der Waals surface area (Å²) >= 11 is 0. The van der Waals surface area contributed by atoms with Gasteiger partial charge in [-0.2, -0.15) is 0 Å². The highest BCUT2D eigenvalue weighted by Crippen LogP contribution is 2.32. The van der Waals surface area contributed by atoms with Gasteiger partial charge in [-0.3, -0.25) is 4.79 Å². The van der Waals surface area contributed by atoms with Crippen LogP contribution >= 0.6 is 0 Å². The van der Waals surface area contributed by atoms with Crippen LogP contribution in [-0.2, 0) is 28.5 Å². The molecule has 3 fully saturated rings. The van der Waals surface area contributed by atoms with Crippen molar-refractivity contribution in [2.24, 2.45) is 0 Å². The monoisotopic (exact) mass is 513 g/mol. The van der Waals surface area contributed by atoms with Crippen molar-refractivity contribution in [1.29, 1.82) is 0 Å². The molecule has 0 aromatic rings. The molecule has 15 nitrogen and oxygen atoms in total. The third-order valence-electron chi connectivity index (χ3n) is 6.41. The van der Waals surface area contributed by atoms with Gasteiger partial charge >= 0.3 is 0 Å². The second kappa shape index (κ2) is 11.6. The van der Waals surface area contributed by atoms with Crippen LogP contribution in [0.3, 0.4) is 0 Å². The Bertz CT molecular complexity index is 715. The van der Waals surface area contributed by atoms with E-state index in [-0.39, 0.29) is 0 Å². The predicted octanol–water partition coefficient (Wildman–Crippen LogP) is -5.37. The van der Waals surface area contributed by atoms with Crippen molar-refractivity contribution in [3.63, 3.8) is 0 Å². The number of ether oxygens (including phenoxy) is 5.